The van der Waals surface area contributed by atoms with Gasteiger partial charge in [-0.2, -0.15) is 0 Å². The van der Waals surface area contributed by atoms with Crippen LogP contribution in [0.15, 0.2) is 54.6 Å². The highest BCUT2D eigenvalue weighted by Gasteiger charge is 2.40. The van der Waals surface area contributed by atoms with E-state index < -0.39 is 5.60 Å². The van der Waals surface area contributed by atoms with E-state index in [2.05, 4.69) is 29.2 Å². The molecule has 0 aromatic heterocycles. The molecule has 1 atom stereocenters. The minimum absolute atomic E-state index is 0.218. The standard InChI is InChI=1S/C26H35NO3/c1-29-25-14-8-5-9-21(25)19-27-17-15-24(16-18-27)30-20-26(28,23-12-6-7-13-23)22-10-3-2-4-11-22/h2-5,8-11,14,23-24,28H,6-7,12-13,15-20H2,1H3/t26-/m0/s1. The summed E-state index contributed by atoms with van der Waals surface area (Å²) in [5.74, 6) is 1.26. The van der Waals surface area contributed by atoms with Crippen LogP contribution in [0, 0.1) is 5.92 Å². The molecule has 1 saturated heterocycles. The number of rotatable bonds is 8. The van der Waals surface area contributed by atoms with Gasteiger partial charge < -0.3 is 14.6 Å². The summed E-state index contributed by atoms with van der Waals surface area (Å²) in [7, 11) is 1.73. The van der Waals surface area contributed by atoms with E-state index in [1.54, 1.807) is 7.11 Å². The maximum absolute atomic E-state index is 11.7. The first kappa shape index (κ1) is 21.4. The molecule has 4 nitrogen and oxygen atoms in total. The van der Waals surface area contributed by atoms with Crippen LogP contribution in [0.1, 0.15) is 49.7 Å². The van der Waals surface area contributed by atoms with Crippen LogP contribution < -0.4 is 4.74 Å². The highest BCUT2D eigenvalue weighted by molar-refractivity contribution is 5.33. The second-order valence-electron chi connectivity index (χ2n) is 8.87. The number of likely N-dealkylation sites (tertiary alicyclic amines) is 1. The zero-order valence-corrected chi connectivity index (χ0v) is 18.1. The minimum atomic E-state index is -0.869. The molecule has 2 aliphatic rings. The van der Waals surface area contributed by atoms with E-state index in [1.165, 1.54) is 18.4 Å². The molecule has 0 spiro atoms. The van der Waals surface area contributed by atoms with Crippen molar-refractivity contribution >= 4 is 0 Å². The Morgan fingerprint density at radius 3 is 2.30 bits per heavy atom. The predicted molar refractivity (Wildman–Crippen MR) is 120 cm³/mol. The zero-order chi connectivity index (χ0) is 20.8. The Hall–Kier alpha value is -1.88. The summed E-state index contributed by atoms with van der Waals surface area (Å²) >= 11 is 0. The molecule has 1 heterocycles. The molecule has 4 heteroatoms. The van der Waals surface area contributed by atoms with Gasteiger partial charge in [0.15, 0.2) is 0 Å². The van der Waals surface area contributed by atoms with Crippen LogP contribution in [0.25, 0.3) is 0 Å². The topological polar surface area (TPSA) is 41.9 Å². The lowest BCUT2D eigenvalue weighted by Gasteiger charge is -2.38. The Morgan fingerprint density at radius 1 is 0.933 bits per heavy atom. The zero-order valence-electron chi connectivity index (χ0n) is 18.1. The molecule has 30 heavy (non-hydrogen) atoms. The first-order chi connectivity index (χ1) is 14.7. The first-order valence-corrected chi connectivity index (χ1v) is 11.4. The summed E-state index contributed by atoms with van der Waals surface area (Å²) in [6.07, 6.45) is 6.83. The van der Waals surface area contributed by atoms with Crippen molar-refractivity contribution in [3.8, 4) is 5.75 Å². The van der Waals surface area contributed by atoms with Crippen molar-refractivity contribution in [1.29, 1.82) is 0 Å². The quantitative estimate of drug-likeness (QED) is 0.683. The smallest absolute Gasteiger partial charge is 0.123 e. The average molecular weight is 410 g/mol. The molecule has 162 valence electrons. The van der Waals surface area contributed by atoms with Crippen LogP contribution in [0.3, 0.4) is 0 Å². The number of hydrogen-bond donors (Lipinski definition) is 1. The number of nitrogens with zero attached hydrogens (tertiary/aromatic N) is 1. The highest BCUT2D eigenvalue weighted by Crippen LogP contribution is 2.41. The van der Waals surface area contributed by atoms with Gasteiger partial charge in [0.2, 0.25) is 0 Å². The average Bonchev–Trinajstić information content (AvgIpc) is 3.35. The molecule has 2 aromatic rings. The van der Waals surface area contributed by atoms with Crippen LogP contribution >= 0.6 is 0 Å². The molecule has 0 bridgehead atoms. The maximum atomic E-state index is 11.7. The van der Waals surface area contributed by atoms with Crippen molar-refractivity contribution in [1.82, 2.24) is 4.90 Å². The fourth-order valence-corrected chi connectivity index (χ4v) is 5.12. The fraction of sp³-hybridized carbons (Fsp3) is 0.538. The van der Waals surface area contributed by atoms with Gasteiger partial charge >= 0.3 is 0 Å². The molecule has 0 radical (unpaired) electrons. The summed E-state index contributed by atoms with van der Waals surface area (Å²) in [5, 5.41) is 11.7. The van der Waals surface area contributed by atoms with Crippen molar-refractivity contribution < 1.29 is 14.6 Å². The highest BCUT2D eigenvalue weighted by atomic mass is 16.5. The Morgan fingerprint density at radius 2 is 1.60 bits per heavy atom. The van der Waals surface area contributed by atoms with E-state index in [-0.39, 0.29) is 6.10 Å². The number of methoxy groups -OCH3 is 1. The van der Waals surface area contributed by atoms with Crippen molar-refractivity contribution in [3.63, 3.8) is 0 Å². The van der Waals surface area contributed by atoms with Crippen molar-refractivity contribution in [2.24, 2.45) is 5.92 Å². The van der Waals surface area contributed by atoms with Gasteiger partial charge in [-0.3, -0.25) is 4.90 Å². The SMILES string of the molecule is COc1ccccc1CN1CCC(OC[C@](O)(c2ccccc2)C2CCCC2)CC1. The third-order valence-electron chi connectivity index (χ3n) is 6.96. The monoisotopic (exact) mass is 409 g/mol. The maximum Gasteiger partial charge on any atom is 0.123 e. The van der Waals surface area contributed by atoms with Gasteiger partial charge in [-0.1, -0.05) is 61.4 Å². The number of piperidine rings is 1. The molecule has 1 saturated carbocycles. The Labute approximate surface area is 180 Å². The van der Waals surface area contributed by atoms with Gasteiger partial charge in [0, 0.05) is 25.2 Å². The van der Waals surface area contributed by atoms with Gasteiger partial charge in [-0.05, 0) is 43.2 Å². The molecule has 2 fully saturated rings. The largest absolute Gasteiger partial charge is 0.496 e. The van der Waals surface area contributed by atoms with Crippen molar-refractivity contribution in [3.05, 3.63) is 65.7 Å². The van der Waals surface area contributed by atoms with Crippen LogP contribution in [-0.2, 0) is 16.9 Å². The number of hydrogen-bond acceptors (Lipinski definition) is 4. The van der Waals surface area contributed by atoms with E-state index in [0.29, 0.717) is 12.5 Å². The normalized spacial score (nSPS) is 20.9. The molecule has 1 aliphatic carbocycles. The van der Waals surface area contributed by atoms with Gasteiger partial charge in [-0.15, -0.1) is 0 Å². The number of aliphatic hydroxyl groups is 1. The van der Waals surface area contributed by atoms with Crippen LogP contribution in [0.5, 0.6) is 5.75 Å². The van der Waals surface area contributed by atoms with Crippen molar-refractivity contribution in [2.45, 2.75) is 56.8 Å². The van der Waals surface area contributed by atoms with Crippen molar-refractivity contribution in [2.75, 3.05) is 26.8 Å². The van der Waals surface area contributed by atoms with Crippen LogP contribution in [0.4, 0.5) is 0 Å². The van der Waals surface area contributed by atoms with Crippen LogP contribution in [0.2, 0.25) is 0 Å². The van der Waals surface area contributed by atoms with E-state index >= 15 is 0 Å². The van der Waals surface area contributed by atoms with Gasteiger partial charge in [-0.25, -0.2) is 0 Å². The second kappa shape index (κ2) is 9.95. The molecule has 4 rings (SSSR count). The number of ether oxygens (including phenoxy) is 2. The number of para-hydroxylation sites is 1. The summed E-state index contributed by atoms with van der Waals surface area (Å²) < 4.78 is 11.9. The second-order valence-corrected chi connectivity index (χ2v) is 8.87. The van der Waals surface area contributed by atoms with Gasteiger partial charge in [0.25, 0.3) is 0 Å². The minimum Gasteiger partial charge on any atom is -0.496 e. The van der Waals surface area contributed by atoms with Gasteiger partial charge in [0.1, 0.15) is 11.4 Å². The Kier molecular flexibility index (Phi) is 7.08. The summed E-state index contributed by atoms with van der Waals surface area (Å²) in [4.78, 5) is 2.47. The van der Waals surface area contributed by atoms with E-state index in [1.807, 2.05) is 30.3 Å². The first-order valence-electron chi connectivity index (χ1n) is 11.4. The summed E-state index contributed by atoms with van der Waals surface area (Å²) in [6, 6.07) is 18.4. The third-order valence-corrected chi connectivity index (χ3v) is 6.96. The molecule has 1 N–H and O–H groups in total. The lowest BCUT2D eigenvalue weighted by atomic mass is 9.80. The number of benzene rings is 2. The Balaban J connectivity index is 1.33. The molecular formula is C26H35NO3. The van der Waals surface area contributed by atoms with Gasteiger partial charge in [0.05, 0.1) is 19.8 Å². The summed E-state index contributed by atoms with van der Waals surface area (Å²) in [6.45, 7) is 3.33. The molecular weight excluding hydrogens is 374 g/mol. The predicted octanol–water partition coefficient (Wildman–Crippen LogP) is 4.75. The van der Waals surface area contributed by atoms with Crippen LogP contribution in [-0.4, -0.2) is 42.9 Å². The molecule has 1 aliphatic heterocycles. The fourth-order valence-electron chi connectivity index (χ4n) is 5.12. The molecule has 2 aromatic carbocycles. The molecule has 0 amide bonds. The summed E-state index contributed by atoms with van der Waals surface area (Å²) in [5.41, 5.74) is 1.37. The third kappa shape index (κ3) is 4.88. The Bertz CT molecular complexity index is 782. The molecule has 0 unspecified atom stereocenters. The van der Waals surface area contributed by atoms with E-state index in [0.717, 1.165) is 56.6 Å². The lowest BCUT2D eigenvalue weighted by molar-refractivity contribution is -0.118. The van der Waals surface area contributed by atoms with E-state index in [4.69, 9.17) is 9.47 Å². The van der Waals surface area contributed by atoms with E-state index in [9.17, 15) is 5.11 Å². The lowest BCUT2D eigenvalue weighted by Crippen LogP contribution is -2.42.